The smallest absolute Gasteiger partial charge is 0.127 e. The monoisotopic (exact) mass is 490 g/mol. The molecule has 5 rings (SSSR count). The van der Waals surface area contributed by atoms with Gasteiger partial charge in [0, 0.05) is 52.9 Å². The van der Waals surface area contributed by atoms with Crippen molar-refractivity contribution in [3.8, 4) is 22.6 Å². The molecule has 0 spiro atoms. The molecule has 1 fully saturated rings. The lowest BCUT2D eigenvalue weighted by Crippen LogP contribution is -2.36. The standard InChI is InChI=1S/C27H27ClN4O3/c1-33-21-6-3-19(27(15-21)34-2)16-29-25-17-30-31-24-13-18(4-7-22(24)25)23-14-20(28)5-8-26(23)32-9-11-35-12-10-32/h3-8,13-15,17H,9-12,16H2,1-2H3,(H,29,31). The number of methoxy groups -OCH3 is 2. The van der Waals surface area contributed by atoms with Crippen LogP contribution >= 0.6 is 11.6 Å². The first-order valence-electron chi connectivity index (χ1n) is 11.5. The third-order valence-corrected chi connectivity index (χ3v) is 6.46. The van der Waals surface area contributed by atoms with E-state index in [0.29, 0.717) is 11.6 Å². The summed E-state index contributed by atoms with van der Waals surface area (Å²) in [6, 6.07) is 18.1. The molecule has 0 amide bonds. The molecule has 0 aliphatic carbocycles. The van der Waals surface area contributed by atoms with Gasteiger partial charge in [-0.05, 0) is 48.0 Å². The Morgan fingerprint density at radius 1 is 1.00 bits per heavy atom. The molecule has 1 aromatic heterocycles. The number of ether oxygens (including phenoxy) is 3. The quantitative estimate of drug-likeness (QED) is 0.371. The fourth-order valence-electron chi connectivity index (χ4n) is 4.38. The van der Waals surface area contributed by atoms with Gasteiger partial charge in [-0.15, -0.1) is 0 Å². The second kappa shape index (κ2) is 10.4. The van der Waals surface area contributed by atoms with Crippen molar-refractivity contribution in [2.45, 2.75) is 6.54 Å². The molecule has 35 heavy (non-hydrogen) atoms. The van der Waals surface area contributed by atoms with Gasteiger partial charge in [0.25, 0.3) is 0 Å². The van der Waals surface area contributed by atoms with Gasteiger partial charge in [-0.25, -0.2) is 0 Å². The van der Waals surface area contributed by atoms with Gasteiger partial charge in [-0.2, -0.15) is 10.2 Å². The van der Waals surface area contributed by atoms with Crippen LogP contribution < -0.4 is 19.7 Å². The lowest BCUT2D eigenvalue weighted by atomic mass is 10.0. The minimum Gasteiger partial charge on any atom is -0.497 e. The predicted octanol–water partition coefficient (Wildman–Crippen LogP) is 5.42. The summed E-state index contributed by atoms with van der Waals surface area (Å²) in [7, 11) is 3.30. The van der Waals surface area contributed by atoms with Crippen LogP contribution in [0.15, 0.2) is 60.8 Å². The fraction of sp³-hybridized carbons (Fsp3) is 0.259. The number of halogens is 1. The minimum atomic E-state index is 0.575. The molecule has 0 unspecified atom stereocenters. The summed E-state index contributed by atoms with van der Waals surface area (Å²) in [5.74, 6) is 1.52. The second-order valence-corrected chi connectivity index (χ2v) is 8.72. The van der Waals surface area contributed by atoms with E-state index in [-0.39, 0.29) is 0 Å². The number of anilines is 2. The maximum Gasteiger partial charge on any atom is 0.127 e. The van der Waals surface area contributed by atoms with Crippen LogP contribution in [0, 0.1) is 0 Å². The average molecular weight is 491 g/mol. The Morgan fingerprint density at radius 2 is 1.86 bits per heavy atom. The van der Waals surface area contributed by atoms with Gasteiger partial charge >= 0.3 is 0 Å². The molecule has 1 N–H and O–H groups in total. The largest absolute Gasteiger partial charge is 0.497 e. The van der Waals surface area contributed by atoms with E-state index in [2.05, 4.69) is 44.7 Å². The summed E-state index contributed by atoms with van der Waals surface area (Å²) < 4.78 is 16.4. The van der Waals surface area contributed by atoms with E-state index in [0.717, 1.165) is 76.8 Å². The van der Waals surface area contributed by atoms with Crippen molar-refractivity contribution in [3.05, 3.63) is 71.4 Å². The molecular weight excluding hydrogens is 464 g/mol. The van der Waals surface area contributed by atoms with Gasteiger partial charge in [-0.1, -0.05) is 17.7 Å². The molecule has 3 aromatic carbocycles. The molecule has 1 aliphatic heterocycles. The molecule has 7 nitrogen and oxygen atoms in total. The zero-order valence-corrected chi connectivity index (χ0v) is 20.5. The highest BCUT2D eigenvalue weighted by Crippen LogP contribution is 2.36. The van der Waals surface area contributed by atoms with Crippen LogP contribution in [-0.4, -0.2) is 50.7 Å². The van der Waals surface area contributed by atoms with Crippen LogP contribution in [0.2, 0.25) is 5.02 Å². The van der Waals surface area contributed by atoms with Gasteiger partial charge in [0.1, 0.15) is 11.5 Å². The van der Waals surface area contributed by atoms with Crippen LogP contribution in [0.3, 0.4) is 0 Å². The summed E-state index contributed by atoms with van der Waals surface area (Å²) in [5, 5.41) is 13.8. The number of benzene rings is 3. The maximum atomic E-state index is 6.39. The van der Waals surface area contributed by atoms with Crippen LogP contribution in [0.4, 0.5) is 11.4 Å². The summed E-state index contributed by atoms with van der Waals surface area (Å²) in [6.45, 7) is 3.72. The Morgan fingerprint density at radius 3 is 2.66 bits per heavy atom. The topological polar surface area (TPSA) is 68.7 Å². The Hall–Kier alpha value is -3.55. The minimum absolute atomic E-state index is 0.575. The molecule has 0 saturated carbocycles. The summed E-state index contributed by atoms with van der Waals surface area (Å²) in [5.41, 5.74) is 5.99. The normalized spacial score (nSPS) is 13.6. The second-order valence-electron chi connectivity index (χ2n) is 8.28. The highest BCUT2D eigenvalue weighted by molar-refractivity contribution is 6.31. The molecule has 0 atom stereocenters. The molecule has 1 aliphatic rings. The molecule has 2 heterocycles. The van der Waals surface area contributed by atoms with E-state index >= 15 is 0 Å². The zero-order chi connectivity index (χ0) is 24.2. The van der Waals surface area contributed by atoms with Crippen molar-refractivity contribution < 1.29 is 14.2 Å². The first-order chi connectivity index (χ1) is 17.2. The highest BCUT2D eigenvalue weighted by Gasteiger charge is 2.17. The van der Waals surface area contributed by atoms with Crippen molar-refractivity contribution in [3.63, 3.8) is 0 Å². The van der Waals surface area contributed by atoms with Crippen LogP contribution in [0.1, 0.15) is 5.56 Å². The molecular formula is C27H27ClN4O3. The zero-order valence-electron chi connectivity index (χ0n) is 19.8. The lowest BCUT2D eigenvalue weighted by molar-refractivity contribution is 0.123. The van der Waals surface area contributed by atoms with E-state index in [1.165, 1.54) is 0 Å². The van der Waals surface area contributed by atoms with E-state index in [1.807, 2.05) is 30.3 Å². The summed E-state index contributed by atoms with van der Waals surface area (Å²) >= 11 is 6.39. The van der Waals surface area contributed by atoms with Gasteiger partial charge < -0.3 is 24.4 Å². The van der Waals surface area contributed by atoms with Crippen molar-refractivity contribution in [2.24, 2.45) is 0 Å². The number of nitrogens with one attached hydrogen (secondary N) is 1. The number of aromatic nitrogens is 2. The molecule has 0 radical (unpaired) electrons. The Bertz CT molecular complexity index is 1340. The first-order valence-corrected chi connectivity index (χ1v) is 11.9. The number of morpholine rings is 1. The fourth-order valence-corrected chi connectivity index (χ4v) is 4.55. The number of hydrogen-bond donors (Lipinski definition) is 1. The average Bonchev–Trinajstić information content (AvgIpc) is 2.91. The third-order valence-electron chi connectivity index (χ3n) is 6.23. The van der Waals surface area contributed by atoms with Crippen LogP contribution in [-0.2, 0) is 11.3 Å². The molecule has 1 saturated heterocycles. The summed E-state index contributed by atoms with van der Waals surface area (Å²) in [4.78, 5) is 2.34. The first kappa shape index (κ1) is 23.2. The molecule has 4 aromatic rings. The number of hydrogen-bond acceptors (Lipinski definition) is 7. The van der Waals surface area contributed by atoms with Gasteiger partial charge in [0.15, 0.2) is 0 Å². The van der Waals surface area contributed by atoms with Crippen molar-refractivity contribution in [1.82, 2.24) is 10.2 Å². The van der Waals surface area contributed by atoms with E-state index < -0.39 is 0 Å². The highest BCUT2D eigenvalue weighted by atomic mass is 35.5. The van der Waals surface area contributed by atoms with E-state index in [9.17, 15) is 0 Å². The van der Waals surface area contributed by atoms with Gasteiger partial charge in [-0.3, -0.25) is 0 Å². The lowest BCUT2D eigenvalue weighted by Gasteiger charge is -2.30. The molecule has 180 valence electrons. The SMILES string of the molecule is COc1ccc(CNc2cnnc3cc(-c4cc(Cl)ccc4N4CCOCC4)ccc23)c(OC)c1. The Balaban J connectivity index is 1.45. The van der Waals surface area contributed by atoms with Gasteiger partial charge in [0.05, 0.1) is 44.8 Å². The number of fused-ring (bicyclic) bond motifs is 1. The van der Waals surface area contributed by atoms with Gasteiger partial charge in [0.2, 0.25) is 0 Å². The van der Waals surface area contributed by atoms with E-state index in [1.54, 1.807) is 20.4 Å². The molecule has 8 heteroatoms. The predicted molar refractivity (Wildman–Crippen MR) is 140 cm³/mol. The van der Waals surface area contributed by atoms with E-state index in [4.69, 9.17) is 25.8 Å². The van der Waals surface area contributed by atoms with Crippen molar-refractivity contribution in [2.75, 3.05) is 50.7 Å². The molecule has 0 bridgehead atoms. The Labute approximate surface area is 209 Å². The van der Waals surface area contributed by atoms with Crippen LogP contribution in [0.25, 0.3) is 22.0 Å². The maximum absolute atomic E-state index is 6.39. The number of rotatable bonds is 7. The third kappa shape index (κ3) is 4.97. The van der Waals surface area contributed by atoms with Crippen molar-refractivity contribution in [1.29, 1.82) is 0 Å². The van der Waals surface area contributed by atoms with Crippen LogP contribution in [0.5, 0.6) is 11.5 Å². The number of nitrogens with zero attached hydrogens (tertiary/aromatic N) is 3. The Kier molecular flexibility index (Phi) is 6.88. The van der Waals surface area contributed by atoms with Crippen molar-refractivity contribution >= 4 is 33.9 Å². The summed E-state index contributed by atoms with van der Waals surface area (Å²) in [6.07, 6.45) is 1.75.